The second kappa shape index (κ2) is 9.55. The van der Waals surface area contributed by atoms with Crippen molar-refractivity contribution < 1.29 is 17.6 Å². The van der Waals surface area contributed by atoms with E-state index in [1.807, 2.05) is 0 Å². The molecule has 0 unspecified atom stereocenters. The Morgan fingerprint density at radius 1 is 1.07 bits per heavy atom. The Morgan fingerprint density at radius 2 is 1.73 bits per heavy atom. The van der Waals surface area contributed by atoms with Gasteiger partial charge in [0.1, 0.15) is 5.82 Å². The Balaban J connectivity index is 1.64. The van der Waals surface area contributed by atoms with Gasteiger partial charge in [0.25, 0.3) is 15.9 Å². The van der Waals surface area contributed by atoms with Crippen molar-refractivity contribution in [1.29, 1.82) is 0 Å². The highest BCUT2D eigenvalue weighted by molar-refractivity contribution is 7.92. The minimum atomic E-state index is -3.92. The van der Waals surface area contributed by atoms with Crippen LogP contribution in [0.2, 0.25) is 0 Å². The van der Waals surface area contributed by atoms with E-state index in [-0.39, 0.29) is 22.1 Å². The summed E-state index contributed by atoms with van der Waals surface area (Å²) in [6.45, 7) is 6.86. The van der Waals surface area contributed by atoms with Crippen molar-refractivity contribution in [3.05, 3.63) is 59.4 Å². The topological polar surface area (TPSA) is 81.8 Å². The van der Waals surface area contributed by atoms with Gasteiger partial charge in [-0.1, -0.05) is 6.07 Å². The number of benzene rings is 2. The van der Waals surface area contributed by atoms with Gasteiger partial charge in [0.05, 0.1) is 4.90 Å². The molecule has 2 N–H and O–H groups in total. The van der Waals surface area contributed by atoms with Gasteiger partial charge in [-0.2, -0.15) is 0 Å². The van der Waals surface area contributed by atoms with E-state index in [1.54, 1.807) is 19.1 Å². The van der Waals surface area contributed by atoms with Gasteiger partial charge in [0.2, 0.25) is 0 Å². The third kappa shape index (κ3) is 5.78. The molecule has 0 atom stereocenters. The van der Waals surface area contributed by atoms with E-state index in [9.17, 15) is 17.6 Å². The van der Waals surface area contributed by atoms with E-state index in [0.29, 0.717) is 12.1 Å². The van der Waals surface area contributed by atoms with Crippen molar-refractivity contribution in [2.45, 2.75) is 11.8 Å². The van der Waals surface area contributed by atoms with Crippen molar-refractivity contribution >= 4 is 21.6 Å². The minimum Gasteiger partial charge on any atom is -0.351 e. The van der Waals surface area contributed by atoms with Crippen LogP contribution in [0.5, 0.6) is 0 Å². The molecule has 162 valence electrons. The predicted molar refractivity (Wildman–Crippen MR) is 115 cm³/mol. The molecular weight excluding hydrogens is 407 g/mol. The molecule has 2 aromatic carbocycles. The molecule has 2 aromatic rings. The lowest BCUT2D eigenvalue weighted by atomic mass is 10.1. The molecule has 1 aliphatic rings. The van der Waals surface area contributed by atoms with Crippen LogP contribution in [0.15, 0.2) is 47.4 Å². The average Bonchev–Trinajstić information content (AvgIpc) is 2.71. The SMILES string of the molecule is Cc1ccc(C(=O)NCCN2CCN(C)CC2)cc1S(=O)(=O)Nc1ccc(F)cc1. The van der Waals surface area contributed by atoms with Crippen LogP contribution in [0.25, 0.3) is 0 Å². The maximum atomic E-state index is 13.1. The Kier molecular flexibility index (Phi) is 7.06. The molecule has 3 rings (SSSR count). The van der Waals surface area contributed by atoms with Gasteiger partial charge >= 0.3 is 0 Å². The fourth-order valence-electron chi connectivity index (χ4n) is 3.26. The van der Waals surface area contributed by atoms with Crippen molar-refractivity contribution in [2.24, 2.45) is 0 Å². The van der Waals surface area contributed by atoms with Gasteiger partial charge in [0.15, 0.2) is 0 Å². The zero-order chi connectivity index (χ0) is 21.7. The number of likely N-dealkylation sites (N-methyl/N-ethyl adjacent to an activating group) is 1. The maximum Gasteiger partial charge on any atom is 0.262 e. The van der Waals surface area contributed by atoms with Crippen LogP contribution >= 0.6 is 0 Å². The number of anilines is 1. The zero-order valence-electron chi connectivity index (χ0n) is 17.2. The molecule has 0 spiro atoms. The summed E-state index contributed by atoms with van der Waals surface area (Å²) in [6.07, 6.45) is 0. The summed E-state index contributed by atoms with van der Waals surface area (Å²) in [7, 11) is -1.83. The number of nitrogens with zero attached hydrogens (tertiary/aromatic N) is 2. The van der Waals surface area contributed by atoms with Crippen LogP contribution in [0.1, 0.15) is 15.9 Å². The highest BCUT2D eigenvalue weighted by atomic mass is 32.2. The number of piperazine rings is 1. The third-order valence-corrected chi connectivity index (χ3v) is 6.67. The second-order valence-electron chi connectivity index (χ2n) is 7.49. The number of halogens is 1. The van der Waals surface area contributed by atoms with Crippen LogP contribution in [0.3, 0.4) is 0 Å². The normalized spacial score (nSPS) is 15.7. The van der Waals surface area contributed by atoms with Crippen molar-refractivity contribution in [2.75, 3.05) is 51.0 Å². The summed E-state index contributed by atoms with van der Waals surface area (Å²) in [5.41, 5.74) is 1.04. The first kappa shape index (κ1) is 22.2. The molecule has 0 aromatic heterocycles. The number of amides is 1. The molecule has 0 radical (unpaired) electrons. The molecule has 0 saturated carbocycles. The van der Waals surface area contributed by atoms with E-state index in [0.717, 1.165) is 32.7 Å². The summed E-state index contributed by atoms with van der Waals surface area (Å²) in [5, 5.41) is 2.86. The van der Waals surface area contributed by atoms with E-state index in [1.165, 1.54) is 30.3 Å². The van der Waals surface area contributed by atoms with Gasteiger partial charge < -0.3 is 10.2 Å². The highest BCUT2D eigenvalue weighted by Gasteiger charge is 2.20. The van der Waals surface area contributed by atoms with Crippen molar-refractivity contribution in [3.63, 3.8) is 0 Å². The standard InChI is InChI=1S/C21H27FN4O3S/c1-16-3-4-17(21(27)23-9-10-26-13-11-25(2)12-14-26)15-20(16)30(28,29)24-19-7-5-18(22)6-8-19/h3-8,15,24H,9-14H2,1-2H3,(H,23,27). The number of rotatable bonds is 7. The third-order valence-electron chi connectivity index (χ3n) is 5.15. The Bertz CT molecular complexity index is 988. The lowest BCUT2D eigenvalue weighted by molar-refractivity contribution is 0.0941. The molecule has 1 heterocycles. The van der Waals surface area contributed by atoms with Crippen LogP contribution in [-0.4, -0.2) is 70.4 Å². The first-order valence-electron chi connectivity index (χ1n) is 9.83. The number of hydrogen-bond donors (Lipinski definition) is 2. The first-order valence-corrected chi connectivity index (χ1v) is 11.3. The summed E-state index contributed by atoms with van der Waals surface area (Å²) in [4.78, 5) is 17.1. The van der Waals surface area contributed by atoms with Crippen LogP contribution in [0, 0.1) is 12.7 Å². The molecule has 7 nitrogen and oxygen atoms in total. The Morgan fingerprint density at radius 3 is 2.40 bits per heavy atom. The predicted octanol–water partition coefficient (Wildman–Crippen LogP) is 1.91. The highest BCUT2D eigenvalue weighted by Crippen LogP contribution is 2.21. The van der Waals surface area contributed by atoms with E-state index < -0.39 is 15.8 Å². The monoisotopic (exact) mass is 434 g/mol. The average molecular weight is 435 g/mol. The summed E-state index contributed by atoms with van der Waals surface area (Å²) in [6, 6.07) is 9.62. The van der Waals surface area contributed by atoms with Crippen molar-refractivity contribution in [3.8, 4) is 0 Å². The summed E-state index contributed by atoms with van der Waals surface area (Å²) in [5.74, 6) is -0.772. The lowest BCUT2D eigenvalue weighted by Gasteiger charge is -2.32. The Labute approximate surface area is 176 Å². The zero-order valence-corrected chi connectivity index (χ0v) is 18.0. The molecule has 0 aliphatic carbocycles. The molecule has 1 aliphatic heterocycles. The maximum absolute atomic E-state index is 13.1. The first-order chi connectivity index (χ1) is 14.2. The molecule has 1 fully saturated rings. The minimum absolute atomic E-state index is 0.0125. The molecule has 1 amide bonds. The van der Waals surface area contributed by atoms with E-state index in [2.05, 4.69) is 26.9 Å². The van der Waals surface area contributed by atoms with Gasteiger partial charge in [0, 0.05) is 50.5 Å². The number of carbonyl (C=O) groups excluding carboxylic acids is 1. The lowest BCUT2D eigenvalue weighted by Crippen LogP contribution is -2.46. The number of carbonyl (C=O) groups is 1. The second-order valence-corrected chi connectivity index (χ2v) is 9.14. The molecule has 30 heavy (non-hydrogen) atoms. The fourth-order valence-corrected chi connectivity index (χ4v) is 4.59. The van der Waals surface area contributed by atoms with Gasteiger partial charge in [-0.15, -0.1) is 0 Å². The molecule has 0 bridgehead atoms. The molecular formula is C21H27FN4O3S. The molecule has 1 saturated heterocycles. The smallest absolute Gasteiger partial charge is 0.262 e. The molecule has 9 heteroatoms. The number of sulfonamides is 1. The van der Waals surface area contributed by atoms with Gasteiger partial charge in [-0.05, 0) is 55.9 Å². The van der Waals surface area contributed by atoms with E-state index >= 15 is 0 Å². The van der Waals surface area contributed by atoms with Gasteiger partial charge in [-0.25, -0.2) is 12.8 Å². The number of hydrogen-bond acceptors (Lipinski definition) is 5. The Hall–Kier alpha value is -2.49. The quantitative estimate of drug-likeness (QED) is 0.696. The number of aryl methyl sites for hydroxylation is 1. The van der Waals surface area contributed by atoms with E-state index in [4.69, 9.17) is 0 Å². The summed E-state index contributed by atoms with van der Waals surface area (Å²) >= 11 is 0. The fraction of sp³-hybridized carbons (Fsp3) is 0.381. The summed E-state index contributed by atoms with van der Waals surface area (Å²) < 4.78 is 41.0. The number of nitrogens with one attached hydrogen (secondary N) is 2. The van der Waals surface area contributed by atoms with Crippen LogP contribution < -0.4 is 10.0 Å². The van der Waals surface area contributed by atoms with Crippen molar-refractivity contribution in [1.82, 2.24) is 15.1 Å². The van der Waals surface area contributed by atoms with Crippen LogP contribution in [0.4, 0.5) is 10.1 Å². The largest absolute Gasteiger partial charge is 0.351 e. The van der Waals surface area contributed by atoms with Gasteiger partial charge in [-0.3, -0.25) is 14.4 Å². The van der Waals surface area contributed by atoms with Crippen LogP contribution in [-0.2, 0) is 10.0 Å².